The molecular formula is C61H89N4+. The Bertz CT molecular complexity index is 2910. The zero-order valence-electron chi connectivity index (χ0n) is 44.8. The van der Waals surface area contributed by atoms with Crippen LogP contribution in [0.5, 0.6) is 0 Å². The first-order chi connectivity index (χ1) is 29.8. The Labute approximate surface area is 396 Å². The zero-order valence-corrected chi connectivity index (χ0v) is 44.8. The minimum absolute atomic E-state index is 0. The van der Waals surface area contributed by atoms with Crippen molar-refractivity contribution in [3.63, 3.8) is 0 Å². The van der Waals surface area contributed by atoms with Crippen LogP contribution >= 0.6 is 0 Å². The van der Waals surface area contributed by atoms with E-state index in [9.17, 15) is 0 Å². The van der Waals surface area contributed by atoms with Gasteiger partial charge in [0, 0.05) is 67.0 Å². The fourth-order valence-electron chi connectivity index (χ4n) is 11.7. The van der Waals surface area contributed by atoms with Gasteiger partial charge in [0.15, 0.2) is 0 Å². The summed E-state index contributed by atoms with van der Waals surface area (Å²) in [5.74, 6) is 2.38. The van der Waals surface area contributed by atoms with Crippen molar-refractivity contribution in [1.29, 1.82) is 0 Å². The van der Waals surface area contributed by atoms with Crippen LogP contribution in [-0.4, -0.2) is 31.5 Å². The van der Waals surface area contributed by atoms with Crippen LogP contribution in [0.25, 0.3) is 32.7 Å². The number of hydrogen-bond donors (Lipinski definition) is 0. The maximum atomic E-state index is 2.29. The molecule has 0 bridgehead atoms. The fraction of sp³-hybridized carbons (Fsp3) is 0.492. The third kappa shape index (κ3) is 9.43. The van der Waals surface area contributed by atoms with Crippen LogP contribution in [0.1, 0.15) is 181 Å². The summed E-state index contributed by atoms with van der Waals surface area (Å²) in [4.78, 5) is 0. The van der Waals surface area contributed by atoms with Crippen molar-refractivity contribution >= 4 is 44.6 Å². The van der Waals surface area contributed by atoms with Crippen molar-refractivity contribution in [3.05, 3.63) is 131 Å². The van der Waals surface area contributed by atoms with E-state index in [4.69, 9.17) is 0 Å². The van der Waals surface area contributed by atoms with E-state index in [1.807, 2.05) is 0 Å². The SMILES string of the molecule is C.Cc1c(C(C)C)c(C)c2ccn(C)c2c1C.Cc1c(C)c(C(C)C)c(C)c2c1CC=[N+]2C.Cc1c(C)c(C(C)C)c2c(ccn2C)c1C.Cc1c(C)c(C)c2c(ccn2C)c1C(C)C. The van der Waals surface area contributed by atoms with E-state index in [1.54, 1.807) is 5.56 Å². The summed E-state index contributed by atoms with van der Waals surface area (Å²) < 4.78 is 9.02. The summed E-state index contributed by atoms with van der Waals surface area (Å²) in [6.07, 6.45) is 9.88. The second-order valence-electron chi connectivity index (χ2n) is 20.7. The van der Waals surface area contributed by atoms with Crippen LogP contribution in [-0.2, 0) is 27.6 Å². The van der Waals surface area contributed by atoms with E-state index in [-0.39, 0.29) is 7.43 Å². The van der Waals surface area contributed by atoms with Crippen molar-refractivity contribution in [3.8, 4) is 0 Å². The summed E-state index contributed by atoms with van der Waals surface area (Å²) in [6.45, 7) is 45.3. The van der Waals surface area contributed by atoms with Crippen LogP contribution in [0.15, 0.2) is 36.8 Å². The average Bonchev–Trinajstić information content (AvgIpc) is 4.01. The van der Waals surface area contributed by atoms with Gasteiger partial charge in [0.1, 0.15) is 13.3 Å². The molecule has 0 amide bonds. The molecule has 1 aliphatic rings. The highest BCUT2D eigenvalue weighted by molar-refractivity contribution is 5.91. The van der Waals surface area contributed by atoms with Gasteiger partial charge in [0.05, 0.1) is 23.0 Å². The summed E-state index contributed by atoms with van der Waals surface area (Å²) in [7, 11) is 8.57. The van der Waals surface area contributed by atoms with Gasteiger partial charge in [0.25, 0.3) is 0 Å². The van der Waals surface area contributed by atoms with E-state index in [0.717, 1.165) is 6.42 Å². The van der Waals surface area contributed by atoms with E-state index in [2.05, 4.69) is 228 Å². The lowest BCUT2D eigenvalue weighted by molar-refractivity contribution is -0.397. The molecular weight excluding hydrogens is 789 g/mol. The van der Waals surface area contributed by atoms with E-state index < -0.39 is 0 Å². The molecule has 0 saturated carbocycles. The number of fused-ring (bicyclic) bond motifs is 4. The van der Waals surface area contributed by atoms with Crippen LogP contribution in [0.3, 0.4) is 0 Å². The van der Waals surface area contributed by atoms with Crippen molar-refractivity contribution in [2.45, 2.75) is 176 Å². The van der Waals surface area contributed by atoms with E-state index >= 15 is 0 Å². The summed E-state index contributed by atoms with van der Waals surface area (Å²) in [6, 6.07) is 6.73. The molecule has 0 spiro atoms. The van der Waals surface area contributed by atoms with Crippen LogP contribution in [0.4, 0.5) is 5.69 Å². The lowest BCUT2D eigenvalue weighted by atomic mass is 9.86. The summed E-state index contributed by atoms with van der Waals surface area (Å²) in [5.41, 5.74) is 30.7. The first kappa shape index (κ1) is 52.8. The normalized spacial score (nSPS) is 12.2. The Kier molecular flexibility index (Phi) is 16.5. The number of aromatic nitrogens is 3. The number of nitrogens with zero attached hydrogens (tertiary/aromatic N) is 4. The minimum atomic E-state index is 0. The molecule has 4 heterocycles. The maximum absolute atomic E-state index is 2.29. The van der Waals surface area contributed by atoms with Gasteiger partial charge < -0.3 is 13.7 Å². The Morgan fingerprint density at radius 2 is 0.738 bits per heavy atom. The lowest BCUT2D eigenvalue weighted by Crippen LogP contribution is -2.05. The van der Waals surface area contributed by atoms with E-state index in [0.29, 0.717) is 23.7 Å². The van der Waals surface area contributed by atoms with Gasteiger partial charge in [-0.25, -0.2) is 4.58 Å². The molecule has 65 heavy (non-hydrogen) atoms. The van der Waals surface area contributed by atoms with Gasteiger partial charge in [-0.2, -0.15) is 0 Å². The molecule has 1 aliphatic heterocycles. The maximum Gasteiger partial charge on any atom is 0.211 e. The largest absolute Gasteiger partial charge is 0.350 e. The summed E-state index contributed by atoms with van der Waals surface area (Å²) >= 11 is 0. The van der Waals surface area contributed by atoms with Gasteiger partial charge in [0.2, 0.25) is 5.69 Å². The minimum Gasteiger partial charge on any atom is -0.350 e. The number of rotatable bonds is 4. The second kappa shape index (κ2) is 20.4. The predicted octanol–water partition coefficient (Wildman–Crippen LogP) is 17.0. The first-order valence-electron chi connectivity index (χ1n) is 24.1. The van der Waals surface area contributed by atoms with Crippen LogP contribution in [0.2, 0.25) is 0 Å². The van der Waals surface area contributed by atoms with Gasteiger partial charge in [-0.3, -0.25) is 0 Å². The molecule has 4 aromatic carbocycles. The first-order valence-corrected chi connectivity index (χ1v) is 24.1. The topological polar surface area (TPSA) is 17.8 Å². The molecule has 0 N–H and O–H groups in total. The number of aryl methyl sites for hydroxylation is 7. The molecule has 352 valence electrons. The van der Waals surface area contributed by atoms with Crippen molar-refractivity contribution in [2.24, 2.45) is 21.1 Å². The molecule has 0 unspecified atom stereocenters. The molecule has 3 aromatic heterocycles. The molecule has 0 radical (unpaired) electrons. The standard InChI is InChI=1S/C15H21N.C15H22N.2C15H21N.CH4/c1-9(2)14-10(3)11(4)15-13(12(14)5)7-8-16(15)6;1-9(2)14-11(4)10(3)13-7-8-16(6)15(13)12(14)5;1-9(2)14-11(4)10(3)12(5)15-13(14)7-8-16(15)6;1-9(2)14-12(5)10(3)11(4)13-7-8-16(6)15(13)14;/h7-9H,1-6H3;8-9H,7H2,1-6H3;2*7-9H,1-6H3;1H4/q;+1;;;. The highest BCUT2D eigenvalue weighted by Crippen LogP contribution is 2.39. The Hall–Kier alpha value is -4.83. The predicted molar refractivity (Wildman–Crippen MR) is 291 cm³/mol. The fourth-order valence-corrected chi connectivity index (χ4v) is 11.7. The van der Waals surface area contributed by atoms with Gasteiger partial charge in [-0.15, -0.1) is 0 Å². The third-order valence-corrected chi connectivity index (χ3v) is 15.4. The second-order valence-corrected chi connectivity index (χ2v) is 20.7. The number of benzene rings is 4. The van der Waals surface area contributed by atoms with Crippen LogP contribution in [0, 0.1) is 83.1 Å². The zero-order chi connectivity index (χ0) is 48.1. The van der Waals surface area contributed by atoms with Crippen molar-refractivity contribution in [2.75, 3.05) is 7.05 Å². The highest BCUT2D eigenvalue weighted by Gasteiger charge is 2.28. The van der Waals surface area contributed by atoms with Crippen molar-refractivity contribution < 1.29 is 4.58 Å². The smallest absolute Gasteiger partial charge is 0.211 e. The lowest BCUT2D eigenvalue weighted by Gasteiger charge is -2.18. The molecule has 0 saturated heterocycles. The third-order valence-electron chi connectivity index (χ3n) is 15.4. The summed E-state index contributed by atoms with van der Waals surface area (Å²) in [5, 5.41) is 4.25. The van der Waals surface area contributed by atoms with Gasteiger partial charge >= 0.3 is 0 Å². The molecule has 4 heteroatoms. The molecule has 8 rings (SSSR count). The van der Waals surface area contributed by atoms with E-state index in [1.165, 1.54) is 127 Å². The van der Waals surface area contributed by atoms with Crippen LogP contribution < -0.4 is 0 Å². The molecule has 0 fully saturated rings. The van der Waals surface area contributed by atoms with Gasteiger partial charge in [-0.05, 0) is 208 Å². The molecule has 4 nitrogen and oxygen atoms in total. The molecule has 7 aromatic rings. The molecule has 0 atom stereocenters. The molecule has 0 aliphatic carbocycles. The Balaban J connectivity index is 0.000000189. The highest BCUT2D eigenvalue weighted by atomic mass is 15.0. The Morgan fingerprint density at radius 1 is 0.385 bits per heavy atom. The monoisotopic (exact) mass is 878 g/mol. The quantitative estimate of drug-likeness (QED) is 0.157. The number of hydrogen-bond acceptors (Lipinski definition) is 0. The Morgan fingerprint density at radius 3 is 1.23 bits per heavy atom. The van der Waals surface area contributed by atoms with Crippen molar-refractivity contribution in [1.82, 2.24) is 13.7 Å². The average molecular weight is 878 g/mol. The van der Waals surface area contributed by atoms with Gasteiger partial charge in [-0.1, -0.05) is 62.8 Å².